The minimum absolute atomic E-state index is 0.331. The molecule has 1 aliphatic rings. The van der Waals surface area contributed by atoms with Crippen molar-refractivity contribution >= 4 is 5.96 Å². The molecule has 0 saturated carbocycles. The molecule has 5 nitrogen and oxygen atoms in total. The summed E-state index contributed by atoms with van der Waals surface area (Å²) in [4.78, 5) is 6.81. The van der Waals surface area contributed by atoms with Gasteiger partial charge in [0.15, 0.2) is 17.5 Å². The summed E-state index contributed by atoms with van der Waals surface area (Å²) in [6.45, 7) is 7.78. The largest absolute Gasteiger partial charge is 0.505 e. The molecule has 0 bridgehead atoms. The highest BCUT2D eigenvalue weighted by Crippen LogP contribution is 2.17. The molecule has 2 N–H and O–H groups in total. The van der Waals surface area contributed by atoms with E-state index in [4.69, 9.17) is 4.74 Å². The van der Waals surface area contributed by atoms with Crippen LogP contribution in [-0.2, 0) is 11.3 Å². The number of piperidine rings is 1. The quantitative estimate of drug-likeness (QED) is 0.646. The Morgan fingerprint density at radius 1 is 1.39 bits per heavy atom. The van der Waals surface area contributed by atoms with Crippen LogP contribution in [-0.4, -0.2) is 48.3 Å². The van der Waals surface area contributed by atoms with Crippen molar-refractivity contribution in [2.24, 2.45) is 4.99 Å². The minimum Gasteiger partial charge on any atom is -0.505 e. The van der Waals surface area contributed by atoms with Crippen molar-refractivity contribution in [2.45, 2.75) is 39.3 Å². The molecule has 0 amide bonds. The van der Waals surface area contributed by atoms with Gasteiger partial charge in [0.2, 0.25) is 0 Å². The number of guanidine groups is 1. The van der Waals surface area contributed by atoms with Gasteiger partial charge < -0.3 is 20.1 Å². The van der Waals surface area contributed by atoms with Gasteiger partial charge in [-0.15, -0.1) is 0 Å². The zero-order chi connectivity index (χ0) is 16.7. The Morgan fingerprint density at radius 2 is 2.13 bits per heavy atom. The van der Waals surface area contributed by atoms with Gasteiger partial charge in [0, 0.05) is 26.2 Å². The lowest BCUT2D eigenvalue weighted by atomic mass is 10.1. The van der Waals surface area contributed by atoms with E-state index in [0.717, 1.165) is 50.6 Å². The fourth-order valence-corrected chi connectivity index (χ4v) is 2.71. The molecule has 1 fully saturated rings. The molecule has 6 heteroatoms. The molecule has 2 rings (SSSR count). The standard InChI is InChI=1S/C17H26FN3O2/c1-3-19-17(21-9-7-14(8-10-21)23-4-2)20-12-13-5-6-16(22)15(18)11-13/h5-6,11,14,22H,3-4,7-10,12H2,1-2H3,(H,19,20). The van der Waals surface area contributed by atoms with E-state index in [1.807, 2.05) is 13.8 Å². The van der Waals surface area contributed by atoms with Crippen LogP contribution in [0.3, 0.4) is 0 Å². The highest BCUT2D eigenvalue weighted by atomic mass is 19.1. The maximum Gasteiger partial charge on any atom is 0.194 e. The summed E-state index contributed by atoms with van der Waals surface area (Å²) in [5.41, 5.74) is 0.736. The van der Waals surface area contributed by atoms with E-state index in [2.05, 4.69) is 15.2 Å². The molecule has 1 heterocycles. The topological polar surface area (TPSA) is 57.1 Å². The van der Waals surface area contributed by atoms with E-state index in [9.17, 15) is 9.50 Å². The monoisotopic (exact) mass is 323 g/mol. The lowest BCUT2D eigenvalue weighted by Crippen LogP contribution is -2.47. The first-order valence-electron chi connectivity index (χ1n) is 8.26. The first-order valence-corrected chi connectivity index (χ1v) is 8.26. The van der Waals surface area contributed by atoms with E-state index in [0.29, 0.717) is 12.6 Å². The van der Waals surface area contributed by atoms with Gasteiger partial charge >= 0.3 is 0 Å². The Labute approximate surface area is 137 Å². The number of phenolic OH excluding ortho intramolecular Hbond substituents is 1. The first kappa shape index (κ1) is 17.5. The number of aliphatic imine (C=N–C) groups is 1. The molecule has 1 aliphatic heterocycles. The second-order valence-electron chi connectivity index (χ2n) is 5.60. The van der Waals surface area contributed by atoms with E-state index < -0.39 is 5.82 Å². The van der Waals surface area contributed by atoms with Crippen molar-refractivity contribution < 1.29 is 14.2 Å². The number of nitrogens with zero attached hydrogens (tertiary/aromatic N) is 2. The Kier molecular flexibility index (Phi) is 6.65. The Bertz CT molecular complexity index is 529. The molecule has 128 valence electrons. The van der Waals surface area contributed by atoms with Crippen molar-refractivity contribution in [3.63, 3.8) is 0 Å². The van der Waals surface area contributed by atoms with Gasteiger partial charge in [-0.25, -0.2) is 9.38 Å². The second-order valence-corrected chi connectivity index (χ2v) is 5.60. The number of hydrogen-bond donors (Lipinski definition) is 2. The number of nitrogens with one attached hydrogen (secondary N) is 1. The third kappa shape index (κ3) is 5.10. The highest BCUT2D eigenvalue weighted by molar-refractivity contribution is 5.80. The summed E-state index contributed by atoms with van der Waals surface area (Å²) in [5.74, 6) is -0.0983. The van der Waals surface area contributed by atoms with Crippen LogP contribution in [0.5, 0.6) is 5.75 Å². The smallest absolute Gasteiger partial charge is 0.194 e. The number of aromatic hydroxyl groups is 1. The van der Waals surface area contributed by atoms with Crippen LogP contribution in [0.2, 0.25) is 0 Å². The van der Waals surface area contributed by atoms with Gasteiger partial charge in [0.25, 0.3) is 0 Å². The number of halogens is 1. The van der Waals surface area contributed by atoms with Crippen LogP contribution in [0, 0.1) is 5.82 Å². The van der Waals surface area contributed by atoms with Gasteiger partial charge in [0.1, 0.15) is 0 Å². The van der Waals surface area contributed by atoms with Crippen LogP contribution in [0.15, 0.2) is 23.2 Å². The number of hydrogen-bond acceptors (Lipinski definition) is 3. The van der Waals surface area contributed by atoms with Crippen molar-refractivity contribution in [1.82, 2.24) is 10.2 Å². The number of phenols is 1. The van der Waals surface area contributed by atoms with Crippen molar-refractivity contribution in [3.05, 3.63) is 29.6 Å². The summed E-state index contributed by atoms with van der Waals surface area (Å²) in [7, 11) is 0. The summed E-state index contributed by atoms with van der Waals surface area (Å²) < 4.78 is 19.1. The fraction of sp³-hybridized carbons (Fsp3) is 0.588. The third-order valence-electron chi connectivity index (χ3n) is 3.90. The third-order valence-corrected chi connectivity index (χ3v) is 3.90. The van der Waals surface area contributed by atoms with Crippen LogP contribution < -0.4 is 5.32 Å². The molecule has 23 heavy (non-hydrogen) atoms. The molecule has 1 aromatic rings. The van der Waals surface area contributed by atoms with Gasteiger partial charge in [0.05, 0.1) is 12.6 Å². The van der Waals surface area contributed by atoms with E-state index in [1.165, 1.54) is 12.1 Å². The zero-order valence-electron chi connectivity index (χ0n) is 13.9. The zero-order valence-corrected chi connectivity index (χ0v) is 13.9. The summed E-state index contributed by atoms with van der Waals surface area (Å²) in [6, 6.07) is 4.37. The van der Waals surface area contributed by atoms with E-state index in [-0.39, 0.29) is 5.75 Å². The van der Waals surface area contributed by atoms with Crippen LogP contribution in [0.4, 0.5) is 4.39 Å². The maximum atomic E-state index is 13.4. The Hall–Kier alpha value is -1.82. The Balaban J connectivity index is 1.98. The molecule has 0 aromatic heterocycles. The maximum absolute atomic E-state index is 13.4. The predicted octanol–water partition coefficient (Wildman–Crippen LogP) is 2.50. The molecule has 0 unspecified atom stereocenters. The fourth-order valence-electron chi connectivity index (χ4n) is 2.71. The lowest BCUT2D eigenvalue weighted by molar-refractivity contribution is 0.0263. The predicted molar refractivity (Wildman–Crippen MR) is 89.1 cm³/mol. The molecule has 0 aliphatic carbocycles. The average Bonchev–Trinajstić information content (AvgIpc) is 2.56. The number of ether oxygens (including phenoxy) is 1. The molecular weight excluding hydrogens is 297 g/mol. The molecule has 0 spiro atoms. The van der Waals surface area contributed by atoms with Crippen molar-refractivity contribution in [1.29, 1.82) is 0 Å². The molecule has 0 radical (unpaired) electrons. The molecule has 1 aromatic carbocycles. The van der Waals surface area contributed by atoms with Crippen LogP contribution >= 0.6 is 0 Å². The number of benzene rings is 1. The van der Waals surface area contributed by atoms with E-state index in [1.54, 1.807) is 6.07 Å². The molecule has 0 atom stereocenters. The number of likely N-dealkylation sites (tertiary alicyclic amines) is 1. The second kappa shape index (κ2) is 8.72. The number of rotatable bonds is 5. The summed E-state index contributed by atoms with van der Waals surface area (Å²) in [5, 5.41) is 12.5. The average molecular weight is 323 g/mol. The normalized spacial score (nSPS) is 16.7. The van der Waals surface area contributed by atoms with E-state index >= 15 is 0 Å². The van der Waals surface area contributed by atoms with Gasteiger partial charge in [-0.1, -0.05) is 6.07 Å². The van der Waals surface area contributed by atoms with Gasteiger partial charge in [-0.2, -0.15) is 0 Å². The molecule has 1 saturated heterocycles. The Morgan fingerprint density at radius 3 is 2.74 bits per heavy atom. The van der Waals surface area contributed by atoms with Gasteiger partial charge in [-0.05, 0) is 44.4 Å². The summed E-state index contributed by atoms with van der Waals surface area (Å²) in [6.07, 6.45) is 2.32. The SMILES string of the molecule is CCNC(=NCc1ccc(O)c(F)c1)N1CCC(OCC)CC1. The van der Waals surface area contributed by atoms with Crippen molar-refractivity contribution in [2.75, 3.05) is 26.2 Å². The van der Waals surface area contributed by atoms with Crippen LogP contribution in [0.25, 0.3) is 0 Å². The first-order chi connectivity index (χ1) is 11.1. The molecular formula is C17H26FN3O2. The van der Waals surface area contributed by atoms with Crippen molar-refractivity contribution in [3.8, 4) is 5.75 Å². The highest BCUT2D eigenvalue weighted by Gasteiger charge is 2.21. The minimum atomic E-state index is -0.611. The van der Waals surface area contributed by atoms with Crippen LogP contribution in [0.1, 0.15) is 32.3 Å². The summed E-state index contributed by atoms with van der Waals surface area (Å²) >= 11 is 0. The lowest BCUT2D eigenvalue weighted by Gasteiger charge is -2.34. The van der Waals surface area contributed by atoms with Gasteiger partial charge in [-0.3, -0.25) is 0 Å².